The molecular weight excluding hydrogens is 326 g/mol. The summed E-state index contributed by atoms with van der Waals surface area (Å²) >= 11 is 0. The van der Waals surface area contributed by atoms with Gasteiger partial charge in [0.1, 0.15) is 0 Å². The van der Waals surface area contributed by atoms with E-state index >= 15 is 0 Å². The molecule has 1 aromatic carbocycles. The van der Waals surface area contributed by atoms with Crippen LogP contribution in [-0.2, 0) is 16.0 Å². The number of hydrogen-bond donors (Lipinski definition) is 1. The molecule has 2 unspecified atom stereocenters. The van der Waals surface area contributed by atoms with Crippen LogP contribution >= 0.6 is 0 Å². The minimum absolute atomic E-state index is 0.0446. The molecule has 2 aliphatic heterocycles. The van der Waals surface area contributed by atoms with E-state index in [0.29, 0.717) is 13.0 Å². The van der Waals surface area contributed by atoms with Crippen molar-refractivity contribution in [1.29, 1.82) is 0 Å². The van der Waals surface area contributed by atoms with E-state index in [1.807, 2.05) is 35.4 Å². The Hall–Kier alpha value is -2.56. The van der Waals surface area contributed by atoms with Gasteiger partial charge < -0.3 is 14.8 Å². The number of carbonyl (C=O) groups is 2. The van der Waals surface area contributed by atoms with Crippen molar-refractivity contribution < 1.29 is 9.59 Å². The minimum atomic E-state index is -0.246. The quantitative estimate of drug-likeness (QED) is 0.919. The normalized spacial score (nSPS) is 23.0. The maximum Gasteiger partial charge on any atom is 0.228 e. The molecule has 2 fully saturated rings. The van der Waals surface area contributed by atoms with Crippen molar-refractivity contribution in [1.82, 2.24) is 9.88 Å². The Balaban J connectivity index is 1.48. The highest BCUT2D eigenvalue weighted by molar-refractivity contribution is 6.00. The van der Waals surface area contributed by atoms with Crippen LogP contribution in [0.2, 0.25) is 0 Å². The Bertz CT molecular complexity index is 782. The highest BCUT2D eigenvalue weighted by Crippen LogP contribution is 2.34. The zero-order chi connectivity index (χ0) is 18.1. The molecule has 26 heavy (non-hydrogen) atoms. The second-order valence-electron chi connectivity index (χ2n) is 7.24. The largest absolute Gasteiger partial charge is 0.363 e. The number of nitrogens with zero attached hydrogens (tertiary/aromatic N) is 2. The average Bonchev–Trinajstić information content (AvgIpc) is 3.41. The van der Waals surface area contributed by atoms with Gasteiger partial charge in [-0.3, -0.25) is 9.59 Å². The maximum atomic E-state index is 13.1. The summed E-state index contributed by atoms with van der Waals surface area (Å²) in [6.07, 6.45) is 5.18. The Morgan fingerprint density at radius 2 is 2.04 bits per heavy atom. The van der Waals surface area contributed by atoms with Gasteiger partial charge in [-0.1, -0.05) is 19.1 Å². The maximum absolute atomic E-state index is 13.1. The van der Waals surface area contributed by atoms with Crippen LogP contribution in [0.4, 0.5) is 5.69 Å². The molecule has 2 saturated heterocycles. The van der Waals surface area contributed by atoms with E-state index in [1.165, 1.54) is 5.56 Å². The van der Waals surface area contributed by atoms with E-state index in [2.05, 4.69) is 24.0 Å². The van der Waals surface area contributed by atoms with Gasteiger partial charge in [-0.25, -0.2) is 0 Å². The van der Waals surface area contributed by atoms with Crippen LogP contribution in [-0.4, -0.2) is 34.8 Å². The molecule has 1 N–H and O–H groups in total. The second kappa shape index (κ2) is 6.98. The van der Waals surface area contributed by atoms with Crippen molar-refractivity contribution in [2.75, 3.05) is 18.0 Å². The molecule has 2 amide bonds. The summed E-state index contributed by atoms with van der Waals surface area (Å²) in [4.78, 5) is 32.6. The first-order valence-corrected chi connectivity index (χ1v) is 9.50. The summed E-state index contributed by atoms with van der Waals surface area (Å²) in [7, 11) is 0. The first kappa shape index (κ1) is 16.9. The number of H-pyrrole nitrogens is 1. The number of likely N-dealkylation sites (tertiary alicyclic amines) is 1. The molecule has 0 radical (unpaired) electrons. The molecule has 2 aromatic rings. The summed E-state index contributed by atoms with van der Waals surface area (Å²) in [5, 5.41) is 0. The fraction of sp³-hybridized carbons (Fsp3) is 0.429. The minimum Gasteiger partial charge on any atom is -0.363 e. The summed E-state index contributed by atoms with van der Waals surface area (Å²) in [5.74, 6) is -0.0877. The molecule has 1 aromatic heterocycles. The van der Waals surface area contributed by atoms with Crippen LogP contribution in [0.15, 0.2) is 42.6 Å². The lowest BCUT2D eigenvalue weighted by molar-refractivity contribution is -0.136. The number of anilines is 1. The molecule has 4 rings (SSSR count). The highest BCUT2D eigenvalue weighted by atomic mass is 16.2. The fourth-order valence-electron chi connectivity index (χ4n) is 4.17. The van der Waals surface area contributed by atoms with Gasteiger partial charge in [-0.05, 0) is 49.1 Å². The first-order chi connectivity index (χ1) is 12.7. The molecule has 5 heteroatoms. The number of rotatable bonds is 4. The van der Waals surface area contributed by atoms with E-state index in [-0.39, 0.29) is 23.8 Å². The third kappa shape index (κ3) is 3.02. The number of aryl methyl sites for hydroxylation is 1. The van der Waals surface area contributed by atoms with Crippen molar-refractivity contribution >= 4 is 17.5 Å². The molecule has 3 heterocycles. The number of benzene rings is 1. The second-order valence-corrected chi connectivity index (χ2v) is 7.24. The molecule has 136 valence electrons. The van der Waals surface area contributed by atoms with Crippen LogP contribution in [0.1, 0.15) is 43.5 Å². The topological polar surface area (TPSA) is 56.4 Å². The zero-order valence-electron chi connectivity index (χ0n) is 15.1. The molecule has 0 spiro atoms. The van der Waals surface area contributed by atoms with Crippen molar-refractivity contribution in [2.45, 2.75) is 38.6 Å². The Morgan fingerprint density at radius 3 is 2.73 bits per heavy atom. The first-order valence-electron chi connectivity index (χ1n) is 9.50. The Labute approximate surface area is 154 Å². The molecule has 0 bridgehead atoms. The Morgan fingerprint density at radius 1 is 1.23 bits per heavy atom. The number of aromatic nitrogens is 1. The van der Waals surface area contributed by atoms with Gasteiger partial charge in [-0.15, -0.1) is 0 Å². The lowest BCUT2D eigenvalue weighted by Crippen LogP contribution is -2.37. The average molecular weight is 351 g/mol. The van der Waals surface area contributed by atoms with E-state index in [1.54, 1.807) is 4.90 Å². The van der Waals surface area contributed by atoms with E-state index < -0.39 is 0 Å². The fourth-order valence-corrected chi connectivity index (χ4v) is 4.17. The van der Waals surface area contributed by atoms with Gasteiger partial charge in [0.05, 0.1) is 12.0 Å². The standard InChI is InChI=1S/C21H25N3O2/c1-2-15-7-9-17(10-8-15)24-14-16(13-20(24)25)21(26)23-12-4-6-19(23)18-5-3-11-22-18/h3,5,7-11,16,19,22H,2,4,6,12-14H2,1H3. The van der Waals surface area contributed by atoms with Gasteiger partial charge in [0.2, 0.25) is 11.8 Å². The predicted molar refractivity (Wildman–Crippen MR) is 101 cm³/mol. The molecule has 2 atom stereocenters. The number of carbonyl (C=O) groups excluding carboxylic acids is 2. The molecule has 0 aliphatic carbocycles. The lowest BCUT2D eigenvalue weighted by atomic mass is 10.1. The summed E-state index contributed by atoms with van der Waals surface area (Å²) in [6, 6.07) is 12.2. The molecule has 5 nitrogen and oxygen atoms in total. The lowest BCUT2D eigenvalue weighted by Gasteiger charge is -2.27. The highest BCUT2D eigenvalue weighted by Gasteiger charge is 2.40. The summed E-state index contributed by atoms with van der Waals surface area (Å²) in [5.41, 5.74) is 3.23. The van der Waals surface area contributed by atoms with Crippen molar-refractivity contribution in [3.05, 3.63) is 53.9 Å². The van der Waals surface area contributed by atoms with Crippen molar-refractivity contribution in [2.24, 2.45) is 5.92 Å². The van der Waals surface area contributed by atoms with Gasteiger partial charge in [-0.2, -0.15) is 0 Å². The van der Waals surface area contributed by atoms with E-state index in [9.17, 15) is 9.59 Å². The van der Waals surface area contributed by atoms with Crippen molar-refractivity contribution in [3.63, 3.8) is 0 Å². The van der Waals surface area contributed by atoms with Crippen LogP contribution in [0.3, 0.4) is 0 Å². The smallest absolute Gasteiger partial charge is 0.228 e. The predicted octanol–water partition coefficient (Wildman–Crippen LogP) is 3.29. The van der Waals surface area contributed by atoms with Crippen LogP contribution in [0, 0.1) is 5.92 Å². The van der Waals surface area contributed by atoms with Gasteiger partial charge >= 0.3 is 0 Å². The van der Waals surface area contributed by atoms with Crippen LogP contribution in [0.25, 0.3) is 0 Å². The number of aromatic amines is 1. The van der Waals surface area contributed by atoms with Crippen LogP contribution < -0.4 is 4.90 Å². The molecule has 0 saturated carbocycles. The third-order valence-corrected chi connectivity index (χ3v) is 5.65. The van der Waals surface area contributed by atoms with E-state index in [4.69, 9.17) is 0 Å². The zero-order valence-corrected chi connectivity index (χ0v) is 15.1. The SMILES string of the molecule is CCc1ccc(N2CC(C(=O)N3CCCC3c3ccc[nH]3)CC2=O)cc1. The monoisotopic (exact) mass is 351 g/mol. The van der Waals surface area contributed by atoms with Crippen LogP contribution in [0.5, 0.6) is 0 Å². The molecular formula is C21H25N3O2. The summed E-state index contributed by atoms with van der Waals surface area (Å²) in [6.45, 7) is 3.37. The summed E-state index contributed by atoms with van der Waals surface area (Å²) < 4.78 is 0. The number of amides is 2. The van der Waals surface area contributed by atoms with Crippen molar-refractivity contribution in [3.8, 4) is 0 Å². The van der Waals surface area contributed by atoms with E-state index in [0.717, 1.165) is 37.2 Å². The van der Waals surface area contributed by atoms with Gasteiger partial charge in [0, 0.05) is 37.1 Å². The third-order valence-electron chi connectivity index (χ3n) is 5.65. The Kier molecular flexibility index (Phi) is 4.53. The van der Waals surface area contributed by atoms with Gasteiger partial charge in [0.15, 0.2) is 0 Å². The molecule has 2 aliphatic rings. The number of hydrogen-bond acceptors (Lipinski definition) is 2. The van der Waals surface area contributed by atoms with Gasteiger partial charge in [0.25, 0.3) is 0 Å². The number of nitrogens with one attached hydrogen (secondary N) is 1.